The summed E-state index contributed by atoms with van der Waals surface area (Å²) in [5.41, 5.74) is 18.1. The summed E-state index contributed by atoms with van der Waals surface area (Å²) in [6.07, 6.45) is 2.53. The van der Waals surface area contributed by atoms with Gasteiger partial charge in [-0.05, 0) is 30.4 Å². The topological polar surface area (TPSA) is 224 Å². The Labute approximate surface area is 264 Å². The molecule has 0 heterocycles. The van der Waals surface area contributed by atoms with Gasteiger partial charge in [0.1, 0.15) is 24.2 Å². The van der Waals surface area contributed by atoms with Gasteiger partial charge in [-0.3, -0.25) is 29.0 Å². The molecule has 10 N–H and O–H groups in total. The van der Waals surface area contributed by atoms with Crippen LogP contribution in [0.5, 0.6) is 0 Å². The van der Waals surface area contributed by atoms with Crippen LogP contribution >= 0.6 is 0 Å². The highest BCUT2D eigenvalue weighted by atomic mass is 16.2. The number of unbranched alkanes of at least 4 members (excludes halogenated alkanes) is 1. The number of benzene rings is 2. The van der Waals surface area contributed by atoms with E-state index < -0.39 is 53.7 Å². The SMILES string of the molecule is CCCC[C@H](NC(=O)[C@H](Cc1ccccc1)NC(C)=O)C(=O)N[C@H](CCCN=C(N)N)C(=O)N[C@@H](Cc1ccccc1)C(N)=O. The zero-order valence-corrected chi connectivity index (χ0v) is 26.0. The van der Waals surface area contributed by atoms with Crippen LogP contribution in [0.3, 0.4) is 0 Å². The number of nitrogens with two attached hydrogens (primary N) is 3. The molecule has 0 fully saturated rings. The van der Waals surface area contributed by atoms with E-state index in [1.165, 1.54) is 6.92 Å². The largest absolute Gasteiger partial charge is 0.370 e. The Morgan fingerprint density at radius 1 is 0.644 bits per heavy atom. The fraction of sp³-hybridized carbons (Fsp3) is 0.438. The molecular formula is C32H46N8O5. The van der Waals surface area contributed by atoms with Crippen LogP contribution in [0.2, 0.25) is 0 Å². The van der Waals surface area contributed by atoms with Crippen molar-refractivity contribution in [3.8, 4) is 0 Å². The highest BCUT2D eigenvalue weighted by Gasteiger charge is 2.30. The third-order valence-electron chi connectivity index (χ3n) is 6.98. The number of nitrogens with zero attached hydrogens (tertiary/aromatic N) is 1. The molecule has 4 atom stereocenters. The molecular weight excluding hydrogens is 576 g/mol. The van der Waals surface area contributed by atoms with E-state index in [9.17, 15) is 24.0 Å². The van der Waals surface area contributed by atoms with Crippen molar-refractivity contribution in [3.05, 3.63) is 71.8 Å². The van der Waals surface area contributed by atoms with Gasteiger partial charge >= 0.3 is 0 Å². The summed E-state index contributed by atoms with van der Waals surface area (Å²) in [7, 11) is 0. The highest BCUT2D eigenvalue weighted by Crippen LogP contribution is 2.09. The van der Waals surface area contributed by atoms with Crippen LogP contribution in [0.25, 0.3) is 0 Å². The van der Waals surface area contributed by atoms with Gasteiger partial charge in [-0.1, -0.05) is 80.4 Å². The van der Waals surface area contributed by atoms with Gasteiger partial charge in [0.15, 0.2) is 5.96 Å². The predicted octanol–water partition coefficient (Wildman–Crippen LogP) is 0.160. The second kappa shape index (κ2) is 19.4. The lowest BCUT2D eigenvalue weighted by Crippen LogP contribution is -2.58. The Bertz CT molecular complexity index is 1280. The van der Waals surface area contributed by atoms with Crippen molar-refractivity contribution in [2.45, 2.75) is 83.0 Å². The van der Waals surface area contributed by atoms with E-state index in [4.69, 9.17) is 17.2 Å². The van der Waals surface area contributed by atoms with Crippen molar-refractivity contribution in [3.63, 3.8) is 0 Å². The third-order valence-corrected chi connectivity index (χ3v) is 6.98. The summed E-state index contributed by atoms with van der Waals surface area (Å²) in [4.78, 5) is 68.5. The van der Waals surface area contributed by atoms with E-state index in [1.807, 2.05) is 67.6 Å². The first kappa shape index (κ1) is 36.3. The van der Waals surface area contributed by atoms with Crippen LogP contribution in [-0.4, -0.2) is 66.2 Å². The number of aliphatic imine (C=N–C) groups is 1. The Kier molecular flexibility index (Phi) is 15.6. The molecule has 0 saturated carbocycles. The third kappa shape index (κ3) is 13.9. The number of rotatable bonds is 19. The van der Waals surface area contributed by atoms with Gasteiger partial charge in [-0.2, -0.15) is 0 Å². The quantitative estimate of drug-likeness (QED) is 0.0652. The molecule has 5 amide bonds. The van der Waals surface area contributed by atoms with Crippen LogP contribution in [0.1, 0.15) is 57.1 Å². The average molecular weight is 623 g/mol. The molecule has 13 nitrogen and oxygen atoms in total. The van der Waals surface area contributed by atoms with Crippen LogP contribution in [0, 0.1) is 0 Å². The second-order valence-electron chi connectivity index (χ2n) is 10.8. The van der Waals surface area contributed by atoms with Gasteiger partial charge in [0, 0.05) is 26.3 Å². The fourth-order valence-electron chi connectivity index (χ4n) is 4.64. The van der Waals surface area contributed by atoms with Crippen LogP contribution < -0.4 is 38.5 Å². The Morgan fingerprint density at radius 3 is 1.53 bits per heavy atom. The Balaban J connectivity index is 2.23. The lowest BCUT2D eigenvalue weighted by Gasteiger charge is -2.26. The molecule has 244 valence electrons. The number of carbonyl (C=O) groups excluding carboxylic acids is 5. The van der Waals surface area contributed by atoms with E-state index >= 15 is 0 Å². The molecule has 0 spiro atoms. The predicted molar refractivity (Wildman–Crippen MR) is 172 cm³/mol. The van der Waals surface area contributed by atoms with Crippen molar-refractivity contribution in [1.82, 2.24) is 21.3 Å². The summed E-state index contributed by atoms with van der Waals surface area (Å²) in [5.74, 6) is -2.96. The first-order chi connectivity index (χ1) is 21.5. The number of nitrogens with one attached hydrogen (secondary N) is 4. The van der Waals surface area contributed by atoms with E-state index in [2.05, 4.69) is 26.3 Å². The maximum atomic E-state index is 13.6. The van der Waals surface area contributed by atoms with Crippen molar-refractivity contribution >= 4 is 35.5 Å². The summed E-state index contributed by atoms with van der Waals surface area (Å²) in [6.45, 7) is 3.47. The van der Waals surface area contributed by atoms with Crippen molar-refractivity contribution in [2.24, 2.45) is 22.2 Å². The van der Waals surface area contributed by atoms with Gasteiger partial charge < -0.3 is 38.5 Å². The molecule has 0 aromatic heterocycles. The lowest BCUT2D eigenvalue weighted by atomic mass is 10.0. The molecule has 0 saturated heterocycles. The van der Waals surface area contributed by atoms with Crippen LogP contribution in [-0.2, 0) is 36.8 Å². The minimum absolute atomic E-state index is 0.108. The van der Waals surface area contributed by atoms with Crippen molar-refractivity contribution in [2.75, 3.05) is 6.54 Å². The Hall–Kier alpha value is -4.94. The standard InChI is InChI=1S/C32H46N8O5/c1-3-4-16-24(39-31(45)27(37-21(2)41)20-23-14-9-6-10-15-23)29(43)38-25(17-11-18-36-32(34)35)30(44)40-26(28(33)42)19-22-12-7-5-8-13-22/h5-10,12-15,24-27H,3-4,11,16-20H2,1-2H3,(H2,33,42)(H,37,41)(H,38,43)(H,39,45)(H,40,44)(H4,34,35,36)/t24-,25+,26-,27-/m0/s1. The first-order valence-corrected chi connectivity index (χ1v) is 15.1. The summed E-state index contributed by atoms with van der Waals surface area (Å²) in [5, 5.41) is 10.8. The second-order valence-corrected chi connectivity index (χ2v) is 10.8. The smallest absolute Gasteiger partial charge is 0.243 e. The van der Waals surface area contributed by atoms with Crippen LogP contribution in [0.4, 0.5) is 0 Å². The normalized spacial score (nSPS) is 13.3. The first-order valence-electron chi connectivity index (χ1n) is 15.1. The molecule has 45 heavy (non-hydrogen) atoms. The van der Waals surface area contributed by atoms with Gasteiger partial charge in [-0.15, -0.1) is 0 Å². The number of guanidine groups is 1. The van der Waals surface area contributed by atoms with E-state index in [0.29, 0.717) is 19.3 Å². The minimum Gasteiger partial charge on any atom is -0.370 e. The minimum atomic E-state index is -1.08. The summed E-state index contributed by atoms with van der Waals surface area (Å²) in [6, 6.07) is 14.2. The van der Waals surface area contributed by atoms with E-state index in [-0.39, 0.29) is 31.8 Å². The maximum absolute atomic E-state index is 13.6. The summed E-state index contributed by atoms with van der Waals surface area (Å²) < 4.78 is 0. The molecule has 13 heteroatoms. The van der Waals surface area contributed by atoms with Crippen molar-refractivity contribution in [1.29, 1.82) is 0 Å². The molecule has 2 aromatic rings. The molecule has 0 unspecified atom stereocenters. The Morgan fingerprint density at radius 2 is 1.09 bits per heavy atom. The number of hydrogen-bond donors (Lipinski definition) is 7. The highest BCUT2D eigenvalue weighted by molar-refractivity contribution is 5.95. The van der Waals surface area contributed by atoms with E-state index in [0.717, 1.165) is 17.5 Å². The van der Waals surface area contributed by atoms with Crippen LogP contribution in [0.15, 0.2) is 65.7 Å². The molecule has 0 aliphatic heterocycles. The number of primary amides is 1. The van der Waals surface area contributed by atoms with Gasteiger partial charge in [0.05, 0.1) is 0 Å². The summed E-state index contributed by atoms with van der Waals surface area (Å²) >= 11 is 0. The lowest BCUT2D eigenvalue weighted by molar-refractivity contribution is -0.134. The maximum Gasteiger partial charge on any atom is 0.243 e. The number of carbonyl (C=O) groups is 5. The molecule has 0 aliphatic rings. The zero-order chi connectivity index (χ0) is 33.2. The molecule has 0 aliphatic carbocycles. The van der Waals surface area contributed by atoms with Crippen molar-refractivity contribution < 1.29 is 24.0 Å². The molecule has 0 radical (unpaired) electrons. The average Bonchev–Trinajstić information content (AvgIpc) is 3.00. The molecule has 2 aromatic carbocycles. The molecule has 0 bridgehead atoms. The molecule has 2 rings (SSSR count). The number of hydrogen-bond acceptors (Lipinski definition) is 6. The van der Waals surface area contributed by atoms with Gasteiger partial charge in [-0.25, -0.2) is 0 Å². The van der Waals surface area contributed by atoms with Gasteiger partial charge in [0.25, 0.3) is 0 Å². The van der Waals surface area contributed by atoms with Gasteiger partial charge in [0.2, 0.25) is 29.5 Å². The monoisotopic (exact) mass is 622 g/mol. The number of amides is 5. The fourth-order valence-corrected chi connectivity index (χ4v) is 4.64. The van der Waals surface area contributed by atoms with E-state index in [1.54, 1.807) is 0 Å². The zero-order valence-electron chi connectivity index (χ0n) is 26.0.